The van der Waals surface area contributed by atoms with Crippen LogP contribution in [0.3, 0.4) is 0 Å². The minimum Gasteiger partial charge on any atom is -0.326 e. The highest BCUT2D eigenvalue weighted by Crippen LogP contribution is 2.25. The number of nitrogens with zero attached hydrogens (tertiary/aromatic N) is 2. The number of hydrogen-bond donors (Lipinski definition) is 1. The summed E-state index contributed by atoms with van der Waals surface area (Å²) in [5, 5.41) is 3.34. The van der Waals surface area contributed by atoms with Crippen LogP contribution in [-0.2, 0) is 14.8 Å². The molecule has 23 heavy (non-hydrogen) atoms. The molecule has 9 heteroatoms. The van der Waals surface area contributed by atoms with E-state index in [2.05, 4.69) is 10.2 Å². The molecular formula is C14H19Cl2N3O3S. The van der Waals surface area contributed by atoms with Crippen LogP contribution in [0.15, 0.2) is 18.2 Å². The smallest absolute Gasteiger partial charge is 0.225 e. The van der Waals surface area contributed by atoms with Crippen molar-refractivity contribution >= 4 is 44.8 Å². The minimum absolute atomic E-state index is 0.102. The average Bonchev–Trinajstić information content (AvgIpc) is 2.50. The number of carbonyl (C=O) groups is 1. The first kappa shape index (κ1) is 18.5. The third kappa shape index (κ3) is 5.32. The predicted octanol–water partition coefficient (Wildman–Crippen LogP) is 1.90. The molecule has 0 radical (unpaired) electrons. The number of likely N-dealkylation sites (N-methyl/N-ethyl adjacent to an activating group) is 1. The molecule has 6 nitrogen and oxygen atoms in total. The summed E-state index contributed by atoms with van der Waals surface area (Å²) in [4.78, 5) is 14.0. The zero-order valence-corrected chi connectivity index (χ0v) is 15.1. The van der Waals surface area contributed by atoms with Crippen LogP contribution < -0.4 is 5.32 Å². The maximum Gasteiger partial charge on any atom is 0.225 e. The fraction of sp³-hybridized carbons (Fsp3) is 0.500. The zero-order valence-electron chi connectivity index (χ0n) is 12.8. The van der Waals surface area contributed by atoms with Crippen molar-refractivity contribution in [1.29, 1.82) is 0 Å². The molecule has 0 bridgehead atoms. The second-order valence-corrected chi connectivity index (χ2v) is 8.35. The monoisotopic (exact) mass is 379 g/mol. The van der Waals surface area contributed by atoms with E-state index >= 15 is 0 Å². The maximum absolute atomic E-state index is 12.2. The van der Waals surface area contributed by atoms with Gasteiger partial charge in [0, 0.05) is 38.3 Å². The summed E-state index contributed by atoms with van der Waals surface area (Å²) in [6.07, 6.45) is -0.102. The van der Waals surface area contributed by atoms with Crippen molar-refractivity contribution in [3.8, 4) is 0 Å². The molecule has 0 aliphatic carbocycles. The first-order valence-corrected chi connectivity index (χ1v) is 9.56. The highest BCUT2D eigenvalue weighted by molar-refractivity contribution is 7.89. The van der Waals surface area contributed by atoms with E-state index in [9.17, 15) is 13.2 Å². The molecule has 1 aromatic carbocycles. The Balaban J connectivity index is 1.86. The van der Waals surface area contributed by atoms with Crippen LogP contribution in [0.25, 0.3) is 0 Å². The first-order valence-electron chi connectivity index (χ1n) is 7.19. The van der Waals surface area contributed by atoms with E-state index < -0.39 is 10.0 Å². The average molecular weight is 380 g/mol. The Morgan fingerprint density at radius 2 is 1.83 bits per heavy atom. The third-order valence-corrected chi connectivity index (χ3v) is 6.26. The van der Waals surface area contributed by atoms with Crippen molar-refractivity contribution in [2.45, 2.75) is 6.42 Å². The Bertz CT molecular complexity index is 674. The lowest BCUT2D eigenvalue weighted by molar-refractivity contribution is -0.115. The molecule has 2 rings (SSSR count). The van der Waals surface area contributed by atoms with Gasteiger partial charge in [0.25, 0.3) is 0 Å². The largest absolute Gasteiger partial charge is 0.326 e. The Hall–Kier alpha value is -0.860. The van der Waals surface area contributed by atoms with Crippen LogP contribution in [0.5, 0.6) is 0 Å². The summed E-state index contributed by atoms with van der Waals surface area (Å²) >= 11 is 11.7. The van der Waals surface area contributed by atoms with Gasteiger partial charge in [0.15, 0.2) is 0 Å². The number of hydrogen-bond acceptors (Lipinski definition) is 4. The number of halogens is 2. The summed E-state index contributed by atoms with van der Waals surface area (Å²) in [7, 11) is -1.46. The molecule has 1 N–H and O–H groups in total. The molecule has 1 amide bonds. The fourth-order valence-electron chi connectivity index (χ4n) is 2.21. The quantitative estimate of drug-likeness (QED) is 0.847. The van der Waals surface area contributed by atoms with E-state index in [0.29, 0.717) is 41.9 Å². The molecule has 1 fully saturated rings. The van der Waals surface area contributed by atoms with E-state index in [1.807, 2.05) is 7.05 Å². The summed E-state index contributed by atoms with van der Waals surface area (Å²) in [6.45, 7) is 2.34. The summed E-state index contributed by atoms with van der Waals surface area (Å²) in [5.74, 6) is -0.578. The highest BCUT2D eigenvalue weighted by Gasteiger charge is 2.26. The van der Waals surface area contributed by atoms with Crippen molar-refractivity contribution in [2.75, 3.05) is 44.3 Å². The molecule has 1 aliphatic heterocycles. The van der Waals surface area contributed by atoms with Crippen LogP contribution in [0.1, 0.15) is 6.42 Å². The number of nitrogens with one attached hydrogen (secondary N) is 1. The summed E-state index contributed by atoms with van der Waals surface area (Å²) in [6, 6.07) is 4.71. The Morgan fingerprint density at radius 3 is 2.43 bits per heavy atom. The summed E-state index contributed by atoms with van der Waals surface area (Å²) < 4.78 is 25.9. The van der Waals surface area contributed by atoms with Crippen LogP contribution >= 0.6 is 23.2 Å². The predicted molar refractivity (Wildman–Crippen MR) is 92.6 cm³/mol. The molecule has 0 unspecified atom stereocenters. The Labute approximate surface area is 146 Å². The van der Waals surface area contributed by atoms with Crippen LogP contribution in [-0.4, -0.2) is 62.5 Å². The molecule has 1 saturated heterocycles. The van der Waals surface area contributed by atoms with Crippen LogP contribution in [0, 0.1) is 0 Å². The lowest BCUT2D eigenvalue weighted by Gasteiger charge is -2.31. The van der Waals surface area contributed by atoms with Gasteiger partial charge in [-0.25, -0.2) is 8.42 Å². The second kappa shape index (κ2) is 7.81. The standard InChI is InChI=1S/C14H19Cl2N3O3S/c1-18-5-7-19(8-6-18)23(21,22)9-4-14(20)17-11-2-3-12(15)13(16)10-11/h2-3,10H,4-9H2,1H3,(H,17,20). The number of sulfonamides is 1. The normalized spacial score (nSPS) is 17.2. The van der Waals surface area contributed by atoms with Crippen molar-refractivity contribution < 1.29 is 13.2 Å². The second-order valence-electron chi connectivity index (χ2n) is 5.45. The van der Waals surface area contributed by atoms with Gasteiger partial charge in [-0.05, 0) is 25.2 Å². The fourth-order valence-corrected chi connectivity index (χ4v) is 3.93. The van der Waals surface area contributed by atoms with E-state index in [0.717, 1.165) is 0 Å². The van der Waals surface area contributed by atoms with E-state index in [1.54, 1.807) is 12.1 Å². The topological polar surface area (TPSA) is 69.7 Å². The van der Waals surface area contributed by atoms with Crippen molar-refractivity contribution in [3.63, 3.8) is 0 Å². The number of carbonyl (C=O) groups excluding carboxylic acids is 1. The summed E-state index contributed by atoms with van der Waals surface area (Å²) in [5.41, 5.74) is 0.487. The van der Waals surface area contributed by atoms with E-state index in [-0.39, 0.29) is 18.1 Å². The molecule has 1 aliphatic rings. The van der Waals surface area contributed by atoms with E-state index in [4.69, 9.17) is 23.2 Å². The molecule has 0 atom stereocenters. The number of rotatable bonds is 5. The molecule has 0 aromatic heterocycles. The maximum atomic E-state index is 12.2. The van der Waals surface area contributed by atoms with Crippen LogP contribution in [0.4, 0.5) is 5.69 Å². The molecule has 128 valence electrons. The molecule has 0 saturated carbocycles. The zero-order chi connectivity index (χ0) is 17.0. The lowest BCUT2D eigenvalue weighted by atomic mass is 10.3. The van der Waals surface area contributed by atoms with Crippen molar-refractivity contribution in [1.82, 2.24) is 9.21 Å². The minimum atomic E-state index is -3.41. The number of anilines is 1. The van der Waals surface area contributed by atoms with Crippen LogP contribution in [0.2, 0.25) is 10.0 Å². The van der Waals surface area contributed by atoms with E-state index in [1.165, 1.54) is 10.4 Å². The van der Waals surface area contributed by atoms with Crippen molar-refractivity contribution in [2.24, 2.45) is 0 Å². The molecule has 0 spiro atoms. The Morgan fingerprint density at radius 1 is 1.17 bits per heavy atom. The van der Waals surface area contributed by atoms with Gasteiger partial charge in [-0.2, -0.15) is 4.31 Å². The lowest BCUT2D eigenvalue weighted by Crippen LogP contribution is -2.47. The number of piperazine rings is 1. The molecule has 1 heterocycles. The third-order valence-electron chi connectivity index (χ3n) is 3.65. The molecule has 1 aromatic rings. The van der Waals surface area contributed by atoms with Gasteiger partial charge in [0.05, 0.1) is 15.8 Å². The van der Waals surface area contributed by atoms with Gasteiger partial charge in [-0.15, -0.1) is 0 Å². The SMILES string of the molecule is CN1CCN(S(=O)(=O)CCC(=O)Nc2ccc(Cl)c(Cl)c2)CC1. The van der Waals surface area contributed by atoms with Gasteiger partial charge in [-0.3, -0.25) is 4.79 Å². The first-order chi connectivity index (χ1) is 10.8. The van der Waals surface area contributed by atoms with Gasteiger partial charge in [0.2, 0.25) is 15.9 Å². The highest BCUT2D eigenvalue weighted by atomic mass is 35.5. The Kier molecular flexibility index (Phi) is 6.27. The number of amides is 1. The van der Waals surface area contributed by atoms with Crippen molar-refractivity contribution in [3.05, 3.63) is 28.2 Å². The molecular weight excluding hydrogens is 361 g/mol. The van der Waals surface area contributed by atoms with Gasteiger partial charge in [0.1, 0.15) is 0 Å². The number of benzene rings is 1. The van der Waals surface area contributed by atoms with Gasteiger partial charge < -0.3 is 10.2 Å². The van der Waals surface area contributed by atoms with Gasteiger partial charge >= 0.3 is 0 Å². The van der Waals surface area contributed by atoms with Gasteiger partial charge in [-0.1, -0.05) is 23.2 Å².